The number of fused-ring (bicyclic) bond motifs is 5. The highest BCUT2D eigenvalue weighted by Gasteiger charge is 2.24. The zero-order valence-electron chi connectivity index (χ0n) is 7.00. The molecule has 0 fully saturated rings. The van der Waals surface area contributed by atoms with Crippen molar-refractivity contribution < 1.29 is 4.42 Å². The first-order chi connectivity index (χ1) is 6.38. The molecule has 1 aliphatic heterocycles. The van der Waals surface area contributed by atoms with E-state index in [0.29, 0.717) is 0 Å². The lowest BCUT2D eigenvalue weighted by Gasteiger charge is -2.18. The van der Waals surface area contributed by atoms with E-state index in [1.54, 1.807) is 0 Å². The van der Waals surface area contributed by atoms with Gasteiger partial charge in [0.1, 0.15) is 11.6 Å². The molecule has 2 bridgehead atoms. The van der Waals surface area contributed by atoms with Gasteiger partial charge < -0.3 is 9.73 Å². The normalized spacial score (nSPS) is 21.0. The number of hydrogen-bond acceptors (Lipinski definition) is 3. The minimum absolute atomic E-state index is 0.0526. The van der Waals surface area contributed by atoms with E-state index in [4.69, 9.17) is 9.68 Å². The summed E-state index contributed by atoms with van der Waals surface area (Å²) in [5.41, 5.74) is 4.12. The maximum absolute atomic E-state index is 8.77. The monoisotopic (exact) mass is 172 g/mol. The van der Waals surface area contributed by atoms with E-state index in [1.807, 2.05) is 12.1 Å². The molecule has 64 valence electrons. The van der Waals surface area contributed by atoms with Crippen molar-refractivity contribution in [2.45, 2.75) is 18.9 Å². The van der Waals surface area contributed by atoms with Gasteiger partial charge in [-0.2, -0.15) is 5.26 Å². The molecule has 0 spiro atoms. The standard InChI is InChI=1S/C10H8N2O/c11-5-6-1-2-7-8-3-4-9(13-8)10(7)12-6/h3-4,6,12H,1-2H2. The third kappa shape index (κ3) is 0.775. The quantitative estimate of drug-likeness (QED) is 0.662. The van der Waals surface area contributed by atoms with Crippen molar-refractivity contribution in [1.29, 1.82) is 5.26 Å². The number of furan rings is 2. The smallest absolute Gasteiger partial charge is 0.151 e. The van der Waals surface area contributed by atoms with Crippen LogP contribution in [0.25, 0.3) is 11.2 Å². The average Bonchev–Trinajstić information content (AvgIpc) is 2.77. The van der Waals surface area contributed by atoms with E-state index >= 15 is 0 Å². The molecule has 2 aromatic rings. The molecule has 1 N–H and O–H groups in total. The molecule has 3 heteroatoms. The zero-order chi connectivity index (χ0) is 8.84. The van der Waals surface area contributed by atoms with Gasteiger partial charge in [0.2, 0.25) is 0 Å². The van der Waals surface area contributed by atoms with Crippen LogP contribution in [0.2, 0.25) is 0 Å². The summed E-state index contributed by atoms with van der Waals surface area (Å²) in [5.74, 6) is 0. The first kappa shape index (κ1) is 6.79. The Kier molecular flexibility index (Phi) is 1.13. The SMILES string of the molecule is N#CC1CCc2c(c3ccc2o3)N1. The molecule has 13 heavy (non-hydrogen) atoms. The fourth-order valence-electron chi connectivity index (χ4n) is 1.94. The topological polar surface area (TPSA) is 49.0 Å². The van der Waals surface area contributed by atoms with Crippen LogP contribution in [-0.4, -0.2) is 6.04 Å². The number of rotatable bonds is 0. The highest BCUT2D eigenvalue weighted by Crippen LogP contribution is 2.37. The van der Waals surface area contributed by atoms with Gasteiger partial charge in [0.25, 0.3) is 0 Å². The van der Waals surface area contributed by atoms with Crippen molar-refractivity contribution >= 4 is 16.9 Å². The van der Waals surface area contributed by atoms with Crippen LogP contribution in [-0.2, 0) is 6.42 Å². The van der Waals surface area contributed by atoms with Gasteiger partial charge in [0.15, 0.2) is 5.58 Å². The highest BCUT2D eigenvalue weighted by molar-refractivity contribution is 5.86. The third-order valence-corrected chi connectivity index (χ3v) is 2.61. The summed E-state index contributed by atoms with van der Waals surface area (Å²) in [5, 5.41) is 12.0. The second-order valence-corrected chi connectivity index (χ2v) is 3.38. The maximum atomic E-state index is 8.77. The van der Waals surface area contributed by atoms with Gasteiger partial charge in [0.05, 0.1) is 11.8 Å². The largest absolute Gasteiger partial charge is 0.455 e. The van der Waals surface area contributed by atoms with Crippen LogP contribution in [0.3, 0.4) is 0 Å². The van der Waals surface area contributed by atoms with E-state index in [9.17, 15) is 0 Å². The highest BCUT2D eigenvalue weighted by atomic mass is 16.3. The Morgan fingerprint density at radius 3 is 3.15 bits per heavy atom. The number of hydrogen-bond donors (Lipinski definition) is 1. The Labute approximate surface area is 75.3 Å². The predicted octanol–water partition coefficient (Wildman–Crippen LogP) is 2.12. The van der Waals surface area contributed by atoms with E-state index in [0.717, 1.165) is 29.7 Å². The number of anilines is 1. The van der Waals surface area contributed by atoms with Crippen LogP contribution in [0, 0.1) is 11.3 Å². The number of nitrogens with one attached hydrogen (secondary N) is 1. The average molecular weight is 172 g/mol. The molecule has 3 heterocycles. The molecule has 0 aliphatic carbocycles. The lowest BCUT2D eigenvalue weighted by molar-refractivity contribution is 0.672. The fourth-order valence-corrected chi connectivity index (χ4v) is 1.94. The molecule has 0 amide bonds. The number of nitrogens with zero attached hydrogens (tertiary/aromatic N) is 1. The lowest BCUT2D eigenvalue weighted by Crippen LogP contribution is -2.22. The van der Waals surface area contributed by atoms with Gasteiger partial charge in [0, 0.05) is 5.56 Å². The van der Waals surface area contributed by atoms with E-state index < -0.39 is 0 Å². The van der Waals surface area contributed by atoms with Gasteiger partial charge in [-0.3, -0.25) is 0 Å². The van der Waals surface area contributed by atoms with Crippen LogP contribution in [0.15, 0.2) is 16.5 Å². The van der Waals surface area contributed by atoms with Crippen molar-refractivity contribution in [3.8, 4) is 6.07 Å². The molecule has 1 unspecified atom stereocenters. The van der Waals surface area contributed by atoms with Crippen molar-refractivity contribution in [3.63, 3.8) is 0 Å². The minimum Gasteiger partial charge on any atom is -0.455 e. The van der Waals surface area contributed by atoms with Crippen molar-refractivity contribution in [1.82, 2.24) is 0 Å². The summed E-state index contributed by atoms with van der Waals surface area (Å²) in [7, 11) is 0. The molecule has 0 saturated carbocycles. The molecule has 0 saturated heterocycles. The van der Waals surface area contributed by atoms with Crippen LogP contribution in [0.4, 0.5) is 5.69 Å². The van der Waals surface area contributed by atoms with E-state index in [-0.39, 0.29) is 6.04 Å². The summed E-state index contributed by atoms with van der Waals surface area (Å²) in [6.07, 6.45) is 1.83. The number of benzene rings is 1. The number of aryl methyl sites for hydroxylation is 1. The van der Waals surface area contributed by atoms with Crippen molar-refractivity contribution in [2.75, 3.05) is 5.32 Å². The maximum Gasteiger partial charge on any atom is 0.151 e. The third-order valence-electron chi connectivity index (χ3n) is 2.61. The zero-order valence-corrected chi connectivity index (χ0v) is 7.00. The van der Waals surface area contributed by atoms with Gasteiger partial charge >= 0.3 is 0 Å². The minimum atomic E-state index is -0.0526. The molecular weight excluding hydrogens is 164 g/mol. The van der Waals surface area contributed by atoms with Crippen LogP contribution in [0.5, 0.6) is 0 Å². The van der Waals surface area contributed by atoms with Crippen molar-refractivity contribution in [2.24, 2.45) is 0 Å². The summed E-state index contributed by atoms with van der Waals surface area (Å²) in [6, 6.07) is 6.11. The van der Waals surface area contributed by atoms with Crippen LogP contribution < -0.4 is 5.32 Å². The summed E-state index contributed by atoms with van der Waals surface area (Å²) in [4.78, 5) is 0. The molecule has 3 nitrogen and oxygen atoms in total. The van der Waals surface area contributed by atoms with Crippen molar-refractivity contribution in [3.05, 3.63) is 17.7 Å². The summed E-state index contributed by atoms with van der Waals surface area (Å²) < 4.78 is 5.49. The molecular formula is C10H8N2O. The number of nitriles is 1. The molecule has 3 rings (SSSR count). The first-order valence-electron chi connectivity index (χ1n) is 4.38. The van der Waals surface area contributed by atoms with E-state index in [1.165, 1.54) is 5.56 Å². The Bertz CT molecular complexity index is 480. The summed E-state index contributed by atoms with van der Waals surface area (Å²) in [6.45, 7) is 0. The molecule has 0 aromatic carbocycles. The first-order valence-corrected chi connectivity index (χ1v) is 4.38. The van der Waals surface area contributed by atoms with Gasteiger partial charge in [-0.1, -0.05) is 0 Å². The van der Waals surface area contributed by atoms with Crippen LogP contribution in [0.1, 0.15) is 12.0 Å². The Balaban J connectivity index is 2.14. The molecule has 1 aliphatic rings. The Morgan fingerprint density at radius 2 is 2.31 bits per heavy atom. The second kappa shape index (κ2) is 2.17. The second-order valence-electron chi connectivity index (χ2n) is 3.38. The molecule has 2 aromatic heterocycles. The van der Waals surface area contributed by atoms with Gasteiger partial charge in [-0.25, -0.2) is 0 Å². The molecule has 1 atom stereocenters. The van der Waals surface area contributed by atoms with Gasteiger partial charge in [-0.15, -0.1) is 0 Å². The Morgan fingerprint density at radius 1 is 1.46 bits per heavy atom. The summed E-state index contributed by atoms with van der Waals surface area (Å²) >= 11 is 0. The van der Waals surface area contributed by atoms with Crippen LogP contribution >= 0.6 is 0 Å². The predicted molar refractivity (Wildman–Crippen MR) is 48.7 cm³/mol. The fraction of sp³-hybridized carbons (Fsp3) is 0.300. The van der Waals surface area contributed by atoms with Gasteiger partial charge in [-0.05, 0) is 25.0 Å². The molecule has 0 radical (unpaired) electrons. The Hall–Kier alpha value is -1.69. The van der Waals surface area contributed by atoms with E-state index in [2.05, 4.69) is 11.4 Å². The lowest BCUT2D eigenvalue weighted by atomic mass is 9.99.